The van der Waals surface area contributed by atoms with Crippen LogP contribution in [0.2, 0.25) is 0 Å². The Labute approximate surface area is 207 Å². The minimum Gasteiger partial charge on any atom is -0.497 e. The van der Waals surface area contributed by atoms with Crippen molar-refractivity contribution in [1.82, 2.24) is 14.5 Å². The lowest BCUT2D eigenvalue weighted by molar-refractivity contribution is -0.124. The topological polar surface area (TPSA) is 92.2 Å². The number of nitrogens with zero attached hydrogens (tertiary/aromatic N) is 3. The summed E-state index contributed by atoms with van der Waals surface area (Å²) in [5.41, 5.74) is 4.51. The smallest absolute Gasteiger partial charge is 0.253 e. The van der Waals surface area contributed by atoms with E-state index in [9.17, 15) is 9.59 Å². The minimum absolute atomic E-state index is 0.0157. The van der Waals surface area contributed by atoms with Crippen molar-refractivity contribution in [3.63, 3.8) is 0 Å². The van der Waals surface area contributed by atoms with E-state index in [0.29, 0.717) is 30.4 Å². The van der Waals surface area contributed by atoms with Gasteiger partial charge >= 0.3 is 0 Å². The molecule has 2 aromatic heterocycles. The van der Waals surface area contributed by atoms with E-state index >= 15 is 0 Å². The number of anilines is 2. The van der Waals surface area contributed by atoms with Crippen LogP contribution in [-0.2, 0) is 16.0 Å². The monoisotopic (exact) mass is 479 g/mol. The third-order valence-electron chi connectivity index (χ3n) is 6.71. The summed E-state index contributed by atoms with van der Waals surface area (Å²) in [5.74, 6) is 0.941. The number of hydrogen-bond donors (Lipinski definition) is 2. The number of benzene rings is 3. The molecule has 0 saturated carbocycles. The maximum Gasteiger partial charge on any atom is 0.253 e. The van der Waals surface area contributed by atoms with Crippen LogP contribution in [0.4, 0.5) is 11.6 Å². The number of imidazole rings is 1. The molecule has 2 N–H and O–H groups in total. The van der Waals surface area contributed by atoms with Gasteiger partial charge in [-0.25, -0.2) is 4.98 Å². The Morgan fingerprint density at radius 1 is 1.06 bits per heavy atom. The van der Waals surface area contributed by atoms with E-state index in [1.807, 2.05) is 53.2 Å². The first-order valence-corrected chi connectivity index (χ1v) is 11.9. The highest BCUT2D eigenvalue weighted by Gasteiger charge is 2.40. The Bertz CT molecular complexity index is 1580. The SMILES string of the molecule is COc1ccc(NC(=O)C[C@H]2C(=O)N(CCc3c[nH]c4ccccc34)c3nc4ccccc4n32)cc1. The first-order valence-electron chi connectivity index (χ1n) is 11.9. The number of ether oxygens (including phenoxy) is 1. The van der Waals surface area contributed by atoms with Crippen LogP contribution in [0.5, 0.6) is 5.75 Å². The van der Waals surface area contributed by atoms with Crippen molar-refractivity contribution in [3.8, 4) is 5.75 Å². The highest BCUT2D eigenvalue weighted by Crippen LogP contribution is 2.37. The first-order chi connectivity index (χ1) is 17.6. The highest BCUT2D eigenvalue weighted by molar-refractivity contribution is 6.05. The molecule has 3 heterocycles. The van der Waals surface area contributed by atoms with Crippen LogP contribution in [0.1, 0.15) is 18.0 Å². The van der Waals surface area contributed by atoms with Crippen LogP contribution in [0.3, 0.4) is 0 Å². The van der Waals surface area contributed by atoms with Crippen molar-refractivity contribution in [2.45, 2.75) is 18.9 Å². The Morgan fingerprint density at radius 3 is 2.67 bits per heavy atom. The van der Waals surface area contributed by atoms with E-state index < -0.39 is 6.04 Å². The fourth-order valence-corrected chi connectivity index (χ4v) is 4.94. The van der Waals surface area contributed by atoms with E-state index in [4.69, 9.17) is 9.72 Å². The summed E-state index contributed by atoms with van der Waals surface area (Å²) in [6, 6.07) is 22.3. The Hall–Kier alpha value is -4.59. The molecule has 0 aliphatic carbocycles. The number of aromatic amines is 1. The molecule has 0 fully saturated rings. The number of H-pyrrole nitrogens is 1. The summed E-state index contributed by atoms with van der Waals surface area (Å²) in [4.78, 5) is 36.4. The lowest BCUT2D eigenvalue weighted by atomic mass is 10.1. The number of rotatable bonds is 7. The summed E-state index contributed by atoms with van der Waals surface area (Å²) in [7, 11) is 1.59. The fraction of sp³-hybridized carbons (Fsp3) is 0.179. The molecular formula is C28H25N5O3. The van der Waals surface area contributed by atoms with Crippen molar-refractivity contribution < 1.29 is 14.3 Å². The molecule has 0 saturated heterocycles. The van der Waals surface area contributed by atoms with Crippen LogP contribution in [0, 0.1) is 0 Å². The van der Waals surface area contributed by atoms with Crippen molar-refractivity contribution in [3.05, 3.63) is 84.6 Å². The van der Waals surface area contributed by atoms with Gasteiger partial charge in [0.2, 0.25) is 11.9 Å². The second-order valence-electron chi connectivity index (χ2n) is 8.87. The molecule has 1 aliphatic heterocycles. The molecule has 0 unspecified atom stereocenters. The number of aromatic nitrogens is 3. The molecule has 180 valence electrons. The molecule has 1 aliphatic rings. The van der Waals surface area contributed by atoms with Crippen LogP contribution in [0.25, 0.3) is 21.9 Å². The van der Waals surface area contributed by atoms with Gasteiger partial charge in [0.25, 0.3) is 5.91 Å². The van der Waals surface area contributed by atoms with Gasteiger partial charge in [0.05, 0.1) is 24.6 Å². The second kappa shape index (κ2) is 8.88. The fourth-order valence-electron chi connectivity index (χ4n) is 4.94. The number of nitrogens with one attached hydrogen (secondary N) is 2. The molecule has 6 rings (SSSR count). The Morgan fingerprint density at radius 2 is 1.83 bits per heavy atom. The molecule has 5 aromatic rings. The minimum atomic E-state index is -0.659. The van der Waals surface area contributed by atoms with Gasteiger partial charge in [0.15, 0.2) is 0 Å². The van der Waals surface area contributed by atoms with Gasteiger partial charge in [-0.2, -0.15) is 0 Å². The summed E-state index contributed by atoms with van der Waals surface area (Å²) in [5, 5.41) is 4.04. The average molecular weight is 480 g/mol. The molecule has 1 atom stereocenters. The van der Waals surface area contributed by atoms with Crippen molar-refractivity contribution in [2.75, 3.05) is 23.9 Å². The molecule has 0 radical (unpaired) electrons. The number of fused-ring (bicyclic) bond motifs is 4. The van der Waals surface area contributed by atoms with Crippen LogP contribution in [0.15, 0.2) is 79.0 Å². The first kappa shape index (κ1) is 21.9. The van der Waals surface area contributed by atoms with E-state index in [0.717, 1.165) is 27.5 Å². The molecule has 2 amide bonds. The third kappa shape index (κ3) is 3.76. The van der Waals surface area contributed by atoms with Crippen LogP contribution in [-0.4, -0.2) is 40.0 Å². The van der Waals surface area contributed by atoms with Gasteiger partial charge in [0.1, 0.15) is 11.8 Å². The van der Waals surface area contributed by atoms with Crippen molar-refractivity contribution >= 4 is 45.4 Å². The summed E-state index contributed by atoms with van der Waals surface area (Å²) in [6.07, 6.45) is 2.68. The average Bonchev–Trinajstić information content (AvgIpc) is 3.56. The van der Waals surface area contributed by atoms with Gasteiger partial charge in [-0.1, -0.05) is 30.3 Å². The van der Waals surface area contributed by atoms with Gasteiger partial charge in [-0.15, -0.1) is 0 Å². The Balaban J connectivity index is 1.27. The highest BCUT2D eigenvalue weighted by atomic mass is 16.5. The summed E-state index contributed by atoms with van der Waals surface area (Å²) >= 11 is 0. The number of carbonyl (C=O) groups excluding carboxylic acids is 2. The Kier molecular flexibility index (Phi) is 5.41. The van der Waals surface area contributed by atoms with E-state index in [2.05, 4.69) is 16.4 Å². The number of carbonyl (C=O) groups is 2. The van der Waals surface area contributed by atoms with E-state index in [1.165, 1.54) is 0 Å². The van der Waals surface area contributed by atoms with Gasteiger partial charge in [-0.05, 0) is 54.4 Å². The molecular weight excluding hydrogens is 454 g/mol. The van der Waals surface area contributed by atoms with E-state index in [1.54, 1.807) is 36.3 Å². The largest absolute Gasteiger partial charge is 0.497 e. The summed E-state index contributed by atoms with van der Waals surface area (Å²) < 4.78 is 7.08. The third-order valence-corrected chi connectivity index (χ3v) is 6.71. The predicted molar refractivity (Wildman–Crippen MR) is 139 cm³/mol. The lowest BCUT2D eigenvalue weighted by Crippen LogP contribution is -2.33. The second-order valence-corrected chi connectivity index (χ2v) is 8.87. The number of amides is 2. The zero-order valence-corrected chi connectivity index (χ0v) is 19.8. The molecule has 0 spiro atoms. The zero-order valence-electron chi connectivity index (χ0n) is 19.8. The molecule has 8 nitrogen and oxygen atoms in total. The maximum atomic E-state index is 13.6. The van der Waals surface area contributed by atoms with Crippen molar-refractivity contribution in [1.29, 1.82) is 0 Å². The van der Waals surface area contributed by atoms with E-state index in [-0.39, 0.29) is 18.2 Å². The summed E-state index contributed by atoms with van der Waals surface area (Å²) in [6.45, 7) is 0.473. The maximum absolute atomic E-state index is 13.6. The normalized spacial score (nSPS) is 15.0. The van der Waals surface area contributed by atoms with Gasteiger partial charge in [0, 0.05) is 29.3 Å². The molecule has 3 aromatic carbocycles. The predicted octanol–water partition coefficient (Wildman–Crippen LogP) is 4.69. The number of methoxy groups -OCH3 is 1. The molecule has 0 bridgehead atoms. The van der Waals surface area contributed by atoms with Crippen LogP contribution >= 0.6 is 0 Å². The quantitative estimate of drug-likeness (QED) is 0.354. The molecule has 8 heteroatoms. The zero-order chi connectivity index (χ0) is 24.6. The standard InChI is InChI=1S/C28H25N5O3/c1-36-20-12-10-19(11-13-20)30-26(34)16-25-27(35)32(28-31-23-8-4-5-9-24(23)33(25)28)15-14-18-17-29-22-7-3-2-6-21(18)22/h2-13,17,25,29H,14-16H2,1H3,(H,30,34)/t25-/m0/s1. The van der Waals surface area contributed by atoms with Gasteiger partial charge < -0.3 is 15.0 Å². The van der Waals surface area contributed by atoms with Gasteiger partial charge in [-0.3, -0.25) is 19.1 Å². The lowest BCUT2D eigenvalue weighted by Gasteiger charge is -2.16. The van der Waals surface area contributed by atoms with Crippen molar-refractivity contribution in [2.24, 2.45) is 0 Å². The molecule has 36 heavy (non-hydrogen) atoms. The van der Waals surface area contributed by atoms with Crippen LogP contribution < -0.4 is 15.0 Å². The number of para-hydroxylation sites is 3. The number of hydrogen-bond acceptors (Lipinski definition) is 4.